The van der Waals surface area contributed by atoms with Crippen molar-refractivity contribution in [1.82, 2.24) is 0 Å². The number of ketones is 1. The number of ether oxygens (including phenoxy) is 1. The van der Waals surface area contributed by atoms with Crippen molar-refractivity contribution >= 4 is 11.9 Å². The van der Waals surface area contributed by atoms with E-state index in [-0.39, 0.29) is 11.2 Å². The average molecular weight is 294 g/mol. The van der Waals surface area contributed by atoms with E-state index < -0.39 is 0 Å². The summed E-state index contributed by atoms with van der Waals surface area (Å²) in [7, 11) is 1.63. The van der Waals surface area contributed by atoms with E-state index in [9.17, 15) is 4.79 Å². The van der Waals surface area contributed by atoms with Gasteiger partial charge in [0.2, 0.25) is 0 Å². The fourth-order valence-corrected chi connectivity index (χ4v) is 2.12. The standard InChI is InChI=1S/C20H22O2/c1-20(2,3)17-10-8-16(9-11-17)19(21)14-7-15-5-12-18(22-4)13-6-15/h5-14H,1-4H3/b14-7+. The Balaban J connectivity index is 2.09. The molecule has 2 heteroatoms. The molecule has 0 atom stereocenters. The molecule has 0 N–H and O–H groups in total. The predicted molar refractivity (Wildman–Crippen MR) is 91.5 cm³/mol. The van der Waals surface area contributed by atoms with Gasteiger partial charge in [0, 0.05) is 5.56 Å². The molecule has 0 aliphatic carbocycles. The van der Waals surface area contributed by atoms with Crippen molar-refractivity contribution in [1.29, 1.82) is 0 Å². The van der Waals surface area contributed by atoms with Gasteiger partial charge in [-0.15, -0.1) is 0 Å². The van der Waals surface area contributed by atoms with Crippen LogP contribution >= 0.6 is 0 Å². The second kappa shape index (κ2) is 6.61. The number of carbonyl (C=O) groups is 1. The number of allylic oxidation sites excluding steroid dienone is 1. The minimum Gasteiger partial charge on any atom is -0.497 e. The quantitative estimate of drug-likeness (QED) is 0.593. The lowest BCUT2D eigenvalue weighted by atomic mass is 9.86. The van der Waals surface area contributed by atoms with E-state index in [0.29, 0.717) is 5.56 Å². The summed E-state index contributed by atoms with van der Waals surface area (Å²) in [6, 6.07) is 15.4. The first-order valence-corrected chi connectivity index (χ1v) is 7.37. The van der Waals surface area contributed by atoms with Crippen LogP contribution in [0, 0.1) is 0 Å². The zero-order valence-corrected chi connectivity index (χ0v) is 13.6. The monoisotopic (exact) mass is 294 g/mol. The maximum absolute atomic E-state index is 12.2. The fraction of sp³-hybridized carbons (Fsp3) is 0.250. The number of hydrogen-bond acceptors (Lipinski definition) is 2. The normalized spacial score (nSPS) is 11.6. The molecule has 114 valence electrons. The van der Waals surface area contributed by atoms with Crippen molar-refractivity contribution < 1.29 is 9.53 Å². The molecule has 0 aliphatic rings. The van der Waals surface area contributed by atoms with E-state index in [4.69, 9.17) is 4.74 Å². The van der Waals surface area contributed by atoms with E-state index in [1.807, 2.05) is 54.6 Å². The average Bonchev–Trinajstić information content (AvgIpc) is 2.52. The summed E-state index contributed by atoms with van der Waals surface area (Å²) in [5.41, 5.74) is 3.00. The van der Waals surface area contributed by atoms with Gasteiger partial charge in [0.25, 0.3) is 0 Å². The number of hydrogen-bond donors (Lipinski definition) is 0. The van der Waals surface area contributed by atoms with Crippen LogP contribution in [-0.2, 0) is 5.41 Å². The Labute approximate surface area is 132 Å². The molecule has 2 aromatic rings. The SMILES string of the molecule is COc1ccc(/C=C/C(=O)c2ccc(C(C)(C)C)cc2)cc1. The third-order valence-corrected chi connectivity index (χ3v) is 3.58. The predicted octanol–water partition coefficient (Wildman–Crippen LogP) is 4.89. The summed E-state index contributed by atoms with van der Waals surface area (Å²) in [6.45, 7) is 6.48. The number of rotatable bonds is 4. The largest absolute Gasteiger partial charge is 0.497 e. The van der Waals surface area contributed by atoms with E-state index >= 15 is 0 Å². The molecule has 0 radical (unpaired) electrons. The molecule has 0 amide bonds. The Bertz CT molecular complexity index is 656. The lowest BCUT2D eigenvalue weighted by Gasteiger charge is -2.18. The molecule has 22 heavy (non-hydrogen) atoms. The maximum atomic E-state index is 12.2. The van der Waals surface area contributed by atoms with Crippen molar-refractivity contribution in [2.24, 2.45) is 0 Å². The van der Waals surface area contributed by atoms with Crippen LogP contribution in [0.25, 0.3) is 6.08 Å². The molecule has 2 nitrogen and oxygen atoms in total. The Hall–Kier alpha value is -2.35. The first kappa shape index (κ1) is 16.0. The second-order valence-electron chi connectivity index (χ2n) is 6.30. The highest BCUT2D eigenvalue weighted by atomic mass is 16.5. The van der Waals surface area contributed by atoms with Crippen LogP contribution < -0.4 is 4.74 Å². The molecule has 0 spiro atoms. The minimum atomic E-state index is 0.0104. The number of benzene rings is 2. The van der Waals surface area contributed by atoms with E-state index in [0.717, 1.165) is 11.3 Å². The highest BCUT2D eigenvalue weighted by Crippen LogP contribution is 2.22. The van der Waals surface area contributed by atoms with Gasteiger partial charge in [-0.3, -0.25) is 4.79 Å². The fourth-order valence-electron chi connectivity index (χ4n) is 2.12. The van der Waals surface area contributed by atoms with Crippen molar-refractivity contribution in [3.63, 3.8) is 0 Å². The molecule has 0 fully saturated rings. The van der Waals surface area contributed by atoms with Gasteiger partial charge in [-0.2, -0.15) is 0 Å². The summed E-state index contributed by atoms with van der Waals surface area (Å²) in [6.07, 6.45) is 3.42. The van der Waals surface area contributed by atoms with Gasteiger partial charge < -0.3 is 4.74 Å². The molecular weight excluding hydrogens is 272 g/mol. The molecule has 0 saturated heterocycles. The third kappa shape index (κ3) is 4.08. The highest BCUT2D eigenvalue weighted by molar-refractivity contribution is 6.06. The van der Waals surface area contributed by atoms with Gasteiger partial charge in [-0.1, -0.05) is 63.2 Å². The summed E-state index contributed by atoms with van der Waals surface area (Å²) >= 11 is 0. The number of methoxy groups -OCH3 is 1. The Morgan fingerprint density at radius 1 is 0.955 bits per heavy atom. The van der Waals surface area contributed by atoms with E-state index in [1.54, 1.807) is 13.2 Å². The molecule has 0 heterocycles. The summed E-state index contributed by atoms with van der Waals surface area (Å²) in [5, 5.41) is 0. The minimum absolute atomic E-state index is 0.0104. The van der Waals surface area contributed by atoms with Crippen molar-refractivity contribution in [2.75, 3.05) is 7.11 Å². The molecule has 2 rings (SSSR count). The van der Waals surface area contributed by atoms with Gasteiger partial charge in [-0.25, -0.2) is 0 Å². The molecule has 0 unspecified atom stereocenters. The molecule has 0 aliphatic heterocycles. The van der Waals surface area contributed by atoms with Crippen molar-refractivity contribution in [2.45, 2.75) is 26.2 Å². The van der Waals surface area contributed by atoms with Gasteiger partial charge in [0.1, 0.15) is 5.75 Å². The second-order valence-corrected chi connectivity index (χ2v) is 6.30. The van der Waals surface area contributed by atoms with Crippen LogP contribution in [0.3, 0.4) is 0 Å². The molecular formula is C20H22O2. The lowest BCUT2D eigenvalue weighted by molar-refractivity contribution is 0.104. The first-order valence-electron chi connectivity index (χ1n) is 7.37. The highest BCUT2D eigenvalue weighted by Gasteiger charge is 2.13. The maximum Gasteiger partial charge on any atom is 0.185 e. The Morgan fingerprint density at radius 2 is 1.55 bits per heavy atom. The molecule has 0 bridgehead atoms. The van der Waals surface area contributed by atoms with Crippen LogP contribution in [-0.4, -0.2) is 12.9 Å². The van der Waals surface area contributed by atoms with Crippen LogP contribution in [0.5, 0.6) is 5.75 Å². The summed E-state index contributed by atoms with van der Waals surface area (Å²) in [5.74, 6) is 0.817. The van der Waals surface area contributed by atoms with Crippen molar-refractivity contribution in [3.05, 3.63) is 71.3 Å². The zero-order valence-electron chi connectivity index (χ0n) is 13.6. The first-order chi connectivity index (χ1) is 10.4. The summed E-state index contributed by atoms with van der Waals surface area (Å²) < 4.78 is 5.11. The van der Waals surface area contributed by atoms with Crippen LogP contribution in [0.2, 0.25) is 0 Å². The van der Waals surface area contributed by atoms with Crippen LogP contribution in [0.1, 0.15) is 42.3 Å². The Kier molecular flexibility index (Phi) is 4.81. The lowest BCUT2D eigenvalue weighted by Crippen LogP contribution is -2.11. The van der Waals surface area contributed by atoms with Crippen molar-refractivity contribution in [3.8, 4) is 5.75 Å². The van der Waals surface area contributed by atoms with Gasteiger partial charge in [0.15, 0.2) is 5.78 Å². The van der Waals surface area contributed by atoms with Gasteiger partial charge in [0.05, 0.1) is 7.11 Å². The van der Waals surface area contributed by atoms with Crippen LogP contribution in [0.4, 0.5) is 0 Å². The topological polar surface area (TPSA) is 26.3 Å². The summed E-state index contributed by atoms with van der Waals surface area (Å²) in [4.78, 5) is 12.2. The Morgan fingerprint density at radius 3 is 2.05 bits per heavy atom. The van der Waals surface area contributed by atoms with Gasteiger partial charge in [-0.05, 0) is 34.8 Å². The van der Waals surface area contributed by atoms with E-state index in [1.165, 1.54) is 5.56 Å². The van der Waals surface area contributed by atoms with Gasteiger partial charge >= 0.3 is 0 Å². The number of carbonyl (C=O) groups excluding carboxylic acids is 1. The third-order valence-electron chi connectivity index (χ3n) is 3.58. The smallest absolute Gasteiger partial charge is 0.185 e. The van der Waals surface area contributed by atoms with Crippen LogP contribution in [0.15, 0.2) is 54.6 Å². The molecule has 0 aromatic heterocycles. The zero-order chi connectivity index (χ0) is 16.2. The van der Waals surface area contributed by atoms with E-state index in [2.05, 4.69) is 20.8 Å². The molecule has 2 aromatic carbocycles. The molecule has 0 saturated carbocycles.